The third-order valence-corrected chi connectivity index (χ3v) is 3.88. The van der Waals surface area contributed by atoms with E-state index in [1.165, 1.54) is 18.2 Å². The Bertz CT molecular complexity index is 436. The summed E-state index contributed by atoms with van der Waals surface area (Å²) in [5.41, 5.74) is 0.154. The number of halogens is 1. The van der Waals surface area contributed by atoms with E-state index < -0.39 is 5.95 Å². The van der Waals surface area contributed by atoms with Gasteiger partial charge in [0.1, 0.15) is 5.69 Å². The van der Waals surface area contributed by atoms with E-state index in [2.05, 4.69) is 24.1 Å². The van der Waals surface area contributed by atoms with Crippen molar-refractivity contribution in [3.05, 3.63) is 29.8 Å². The molecule has 18 heavy (non-hydrogen) atoms. The van der Waals surface area contributed by atoms with Crippen molar-refractivity contribution in [3.63, 3.8) is 0 Å². The van der Waals surface area contributed by atoms with Crippen LogP contribution in [-0.2, 0) is 0 Å². The first-order chi connectivity index (χ1) is 8.56. The second kappa shape index (κ2) is 5.46. The van der Waals surface area contributed by atoms with Crippen molar-refractivity contribution in [2.75, 3.05) is 0 Å². The minimum atomic E-state index is -0.617. The van der Waals surface area contributed by atoms with Gasteiger partial charge in [-0.2, -0.15) is 4.39 Å². The Morgan fingerprint density at radius 3 is 2.78 bits per heavy atom. The fraction of sp³-hybridized carbons (Fsp3) is 0.571. The second-order valence-electron chi connectivity index (χ2n) is 5.28. The third kappa shape index (κ3) is 3.06. The summed E-state index contributed by atoms with van der Waals surface area (Å²) in [5, 5.41) is 2.95. The maximum Gasteiger partial charge on any atom is 0.270 e. The van der Waals surface area contributed by atoms with E-state index in [9.17, 15) is 9.18 Å². The second-order valence-corrected chi connectivity index (χ2v) is 5.28. The highest BCUT2D eigenvalue weighted by Gasteiger charge is 2.26. The zero-order chi connectivity index (χ0) is 13.1. The molecule has 0 saturated heterocycles. The maximum atomic E-state index is 12.9. The summed E-state index contributed by atoms with van der Waals surface area (Å²) in [6, 6.07) is 4.46. The van der Waals surface area contributed by atoms with Gasteiger partial charge in [0.2, 0.25) is 5.95 Å². The highest BCUT2D eigenvalue weighted by atomic mass is 19.1. The van der Waals surface area contributed by atoms with Crippen LogP contribution in [0.25, 0.3) is 0 Å². The molecule has 1 aromatic rings. The van der Waals surface area contributed by atoms with Crippen LogP contribution in [0.15, 0.2) is 18.2 Å². The predicted octanol–water partition coefficient (Wildman–Crippen LogP) is 2.78. The van der Waals surface area contributed by atoms with Gasteiger partial charge in [0.15, 0.2) is 0 Å². The Labute approximate surface area is 107 Å². The lowest BCUT2D eigenvalue weighted by Crippen LogP contribution is -2.40. The van der Waals surface area contributed by atoms with Gasteiger partial charge in [-0.05, 0) is 43.2 Å². The van der Waals surface area contributed by atoms with Crippen LogP contribution in [0.5, 0.6) is 0 Å². The van der Waals surface area contributed by atoms with E-state index in [1.54, 1.807) is 0 Å². The van der Waals surface area contributed by atoms with Crippen molar-refractivity contribution in [1.29, 1.82) is 0 Å². The largest absolute Gasteiger partial charge is 0.348 e. The minimum absolute atomic E-state index is 0.154. The zero-order valence-electron chi connectivity index (χ0n) is 10.8. The van der Waals surface area contributed by atoms with Crippen LogP contribution in [0.2, 0.25) is 0 Å². The van der Waals surface area contributed by atoms with Gasteiger partial charge < -0.3 is 5.32 Å². The SMILES string of the molecule is CC1CCC(NC(=O)c2cccc(F)n2)CC1C. The molecule has 3 unspecified atom stereocenters. The zero-order valence-corrected chi connectivity index (χ0v) is 10.8. The molecule has 1 aliphatic rings. The number of nitrogens with zero attached hydrogens (tertiary/aromatic N) is 1. The van der Waals surface area contributed by atoms with Crippen molar-refractivity contribution in [2.45, 2.75) is 39.2 Å². The first kappa shape index (κ1) is 13.0. The van der Waals surface area contributed by atoms with E-state index >= 15 is 0 Å². The van der Waals surface area contributed by atoms with Crippen LogP contribution in [0, 0.1) is 17.8 Å². The molecule has 0 aliphatic heterocycles. The molecule has 1 aliphatic carbocycles. The Morgan fingerprint density at radius 1 is 1.33 bits per heavy atom. The molecule has 0 bridgehead atoms. The third-order valence-electron chi connectivity index (χ3n) is 3.88. The minimum Gasteiger partial charge on any atom is -0.348 e. The molecule has 0 aromatic carbocycles. The van der Waals surface area contributed by atoms with Crippen LogP contribution in [0.4, 0.5) is 4.39 Å². The van der Waals surface area contributed by atoms with Crippen molar-refractivity contribution >= 4 is 5.91 Å². The molecule has 3 nitrogen and oxygen atoms in total. The fourth-order valence-corrected chi connectivity index (χ4v) is 2.47. The molecule has 1 saturated carbocycles. The molecule has 2 rings (SSSR count). The van der Waals surface area contributed by atoms with Crippen molar-refractivity contribution in [1.82, 2.24) is 10.3 Å². The van der Waals surface area contributed by atoms with Crippen LogP contribution in [0.3, 0.4) is 0 Å². The van der Waals surface area contributed by atoms with Gasteiger partial charge in [0.25, 0.3) is 5.91 Å². The van der Waals surface area contributed by atoms with Gasteiger partial charge in [0.05, 0.1) is 0 Å². The highest BCUT2D eigenvalue weighted by molar-refractivity contribution is 5.92. The van der Waals surface area contributed by atoms with Crippen molar-refractivity contribution < 1.29 is 9.18 Å². The average molecular weight is 250 g/mol. The van der Waals surface area contributed by atoms with Crippen LogP contribution in [0.1, 0.15) is 43.6 Å². The lowest BCUT2D eigenvalue weighted by Gasteiger charge is -2.32. The molecule has 98 valence electrons. The molecule has 1 heterocycles. The average Bonchev–Trinajstić information content (AvgIpc) is 2.34. The van der Waals surface area contributed by atoms with Gasteiger partial charge in [-0.25, -0.2) is 4.98 Å². The molecule has 1 aromatic heterocycles. The summed E-state index contributed by atoms with van der Waals surface area (Å²) in [7, 11) is 0. The van der Waals surface area contributed by atoms with Gasteiger partial charge in [-0.1, -0.05) is 19.9 Å². The van der Waals surface area contributed by atoms with Crippen molar-refractivity contribution in [3.8, 4) is 0 Å². The van der Waals surface area contributed by atoms with Gasteiger partial charge in [-0.3, -0.25) is 4.79 Å². The van der Waals surface area contributed by atoms with E-state index in [0.29, 0.717) is 11.8 Å². The number of rotatable bonds is 2. The number of amides is 1. The van der Waals surface area contributed by atoms with Crippen LogP contribution in [-0.4, -0.2) is 16.9 Å². The monoisotopic (exact) mass is 250 g/mol. The summed E-state index contributed by atoms with van der Waals surface area (Å²) < 4.78 is 12.9. The summed E-state index contributed by atoms with van der Waals surface area (Å²) in [5.74, 6) is 0.435. The van der Waals surface area contributed by atoms with E-state index in [0.717, 1.165) is 19.3 Å². The van der Waals surface area contributed by atoms with E-state index in [1.807, 2.05) is 0 Å². The molecule has 0 radical (unpaired) electrons. The lowest BCUT2D eigenvalue weighted by atomic mass is 9.79. The summed E-state index contributed by atoms with van der Waals surface area (Å²) in [6.07, 6.45) is 3.11. The van der Waals surface area contributed by atoms with Crippen molar-refractivity contribution in [2.24, 2.45) is 11.8 Å². The smallest absolute Gasteiger partial charge is 0.270 e. The van der Waals surface area contributed by atoms with Crippen LogP contribution < -0.4 is 5.32 Å². The Hall–Kier alpha value is -1.45. The Morgan fingerprint density at radius 2 is 2.11 bits per heavy atom. The molecule has 1 amide bonds. The molecule has 0 spiro atoms. The number of carbonyl (C=O) groups is 1. The predicted molar refractivity (Wildman–Crippen MR) is 67.6 cm³/mol. The molecule has 1 fully saturated rings. The normalized spacial score (nSPS) is 27.8. The lowest BCUT2D eigenvalue weighted by molar-refractivity contribution is 0.0904. The van der Waals surface area contributed by atoms with Crippen LogP contribution >= 0.6 is 0 Å². The fourth-order valence-electron chi connectivity index (χ4n) is 2.47. The number of hydrogen-bond donors (Lipinski definition) is 1. The summed E-state index contributed by atoms with van der Waals surface area (Å²) in [4.78, 5) is 15.5. The molecular weight excluding hydrogens is 231 g/mol. The topological polar surface area (TPSA) is 42.0 Å². The molecular formula is C14H19FN2O. The Kier molecular flexibility index (Phi) is 3.94. The Balaban J connectivity index is 1.96. The quantitative estimate of drug-likeness (QED) is 0.820. The van der Waals surface area contributed by atoms with E-state index in [4.69, 9.17) is 0 Å². The molecule has 3 atom stereocenters. The van der Waals surface area contributed by atoms with Gasteiger partial charge >= 0.3 is 0 Å². The molecule has 1 N–H and O–H groups in total. The first-order valence-corrected chi connectivity index (χ1v) is 6.49. The number of hydrogen-bond acceptors (Lipinski definition) is 2. The highest BCUT2D eigenvalue weighted by Crippen LogP contribution is 2.29. The van der Waals surface area contributed by atoms with Gasteiger partial charge in [-0.15, -0.1) is 0 Å². The standard InChI is InChI=1S/C14H19FN2O/c1-9-6-7-11(8-10(9)2)16-14(18)12-4-3-5-13(15)17-12/h3-5,9-11H,6-8H2,1-2H3,(H,16,18). The van der Waals surface area contributed by atoms with Gasteiger partial charge in [0, 0.05) is 6.04 Å². The number of pyridine rings is 1. The van der Waals surface area contributed by atoms with E-state index in [-0.39, 0.29) is 17.6 Å². The number of aromatic nitrogens is 1. The first-order valence-electron chi connectivity index (χ1n) is 6.49. The molecule has 4 heteroatoms. The summed E-state index contributed by atoms with van der Waals surface area (Å²) >= 11 is 0. The summed E-state index contributed by atoms with van der Waals surface area (Å²) in [6.45, 7) is 4.46. The number of nitrogens with one attached hydrogen (secondary N) is 1. The maximum absolute atomic E-state index is 12.9. The number of carbonyl (C=O) groups excluding carboxylic acids is 1.